The van der Waals surface area contributed by atoms with E-state index in [2.05, 4.69) is 11.4 Å². The van der Waals surface area contributed by atoms with Gasteiger partial charge in [-0.25, -0.2) is 0 Å². The Labute approximate surface area is 71.7 Å². The molecule has 0 amide bonds. The number of fused-ring (bicyclic) bond motifs is 1. The molecule has 0 aliphatic carbocycles. The Morgan fingerprint density at radius 1 is 1.58 bits per heavy atom. The predicted molar refractivity (Wildman–Crippen MR) is 43.0 cm³/mol. The van der Waals surface area contributed by atoms with Gasteiger partial charge in [-0.05, 0) is 19.4 Å². The number of ether oxygens (including phenoxy) is 1. The third-order valence-electron chi connectivity index (χ3n) is 2.72. The van der Waals surface area contributed by atoms with E-state index in [1.807, 2.05) is 0 Å². The fraction of sp³-hybridized carbons (Fsp3) is 0.875. The molecule has 2 aliphatic rings. The number of nitrogens with two attached hydrogens (primary N) is 1. The molecule has 0 radical (unpaired) electrons. The quantitative estimate of drug-likeness (QED) is 0.513. The monoisotopic (exact) mass is 167 g/mol. The maximum absolute atomic E-state index is 8.66. The lowest BCUT2D eigenvalue weighted by Gasteiger charge is -2.30. The van der Waals surface area contributed by atoms with Gasteiger partial charge in [-0.15, -0.1) is 0 Å². The van der Waals surface area contributed by atoms with Crippen molar-refractivity contribution in [2.45, 2.75) is 31.2 Å². The highest BCUT2D eigenvalue weighted by molar-refractivity contribution is 4.98. The molecule has 0 saturated carbocycles. The summed E-state index contributed by atoms with van der Waals surface area (Å²) in [6.45, 7) is 0.903. The van der Waals surface area contributed by atoms with Gasteiger partial charge in [-0.1, -0.05) is 0 Å². The molecule has 2 fully saturated rings. The number of hydrogen-bond donors (Lipinski definition) is 2. The van der Waals surface area contributed by atoms with Gasteiger partial charge in [-0.3, -0.25) is 0 Å². The Morgan fingerprint density at radius 2 is 2.42 bits per heavy atom. The van der Waals surface area contributed by atoms with Crippen LogP contribution in [0.15, 0.2) is 0 Å². The zero-order chi connectivity index (χ0) is 8.55. The molecule has 4 heteroatoms. The number of hydrogen-bond acceptors (Lipinski definition) is 4. The Morgan fingerprint density at radius 3 is 3.08 bits per heavy atom. The Kier molecular flexibility index (Phi) is 2.01. The van der Waals surface area contributed by atoms with Crippen LogP contribution in [0.4, 0.5) is 0 Å². The third-order valence-corrected chi connectivity index (χ3v) is 2.72. The van der Waals surface area contributed by atoms with Crippen LogP contribution in [0, 0.1) is 17.2 Å². The summed E-state index contributed by atoms with van der Waals surface area (Å²) in [4.78, 5) is 0. The molecular weight excluding hydrogens is 154 g/mol. The molecule has 0 bridgehead atoms. The minimum Gasteiger partial charge on any atom is -0.360 e. The van der Waals surface area contributed by atoms with E-state index in [0.717, 1.165) is 19.4 Å². The van der Waals surface area contributed by atoms with E-state index in [1.54, 1.807) is 0 Å². The van der Waals surface area contributed by atoms with Crippen molar-refractivity contribution in [3.8, 4) is 6.07 Å². The van der Waals surface area contributed by atoms with Gasteiger partial charge in [0.25, 0.3) is 0 Å². The summed E-state index contributed by atoms with van der Waals surface area (Å²) < 4.78 is 5.50. The first-order valence-electron chi connectivity index (χ1n) is 4.35. The molecule has 3 N–H and O–H groups in total. The van der Waals surface area contributed by atoms with Gasteiger partial charge in [0, 0.05) is 5.92 Å². The van der Waals surface area contributed by atoms with Crippen molar-refractivity contribution in [1.82, 2.24) is 5.32 Å². The van der Waals surface area contributed by atoms with Crippen LogP contribution in [0.25, 0.3) is 0 Å². The van der Waals surface area contributed by atoms with Crippen LogP contribution in [0.3, 0.4) is 0 Å². The van der Waals surface area contributed by atoms with E-state index >= 15 is 0 Å². The highest BCUT2D eigenvalue weighted by Gasteiger charge is 2.40. The van der Waals surface area contributed by atoms with Crippen LogP contribution >= 0.6 is 0 Å². The van der Waals surface area contributed by atoms with Gasteiger partial charge < -0.3 is 15.8 Å². The first-order chi connectivity index (χ1) is 5.81. The SMILES string of the molecule is N#CC1CC2C(N)NCCC2O1. The third kappa shape index (κ3) is 1.20. The van der Waals surface area contributed by atoms with E-state index < -0.39 is 0 Å². The summed E-state index contributed by atoms with van der Waals surface area (Å²) in [6, 6.07) is 2.14. The summed E-state index contributed by atoms with van der Waals surface area (Å²) in [5, 5.41) is 11.8. The fourth-order valence-corrected chi connectivity index (χ4v) is 2.05. The molecule has 2 heterocycles. The average molecular weight is 167 g/mol. The summed E-state index contributed by atoms with van der Waals surface area (Å²) in [5.41, 5.74) is 5.84. The van der Waals surface area contributed by atoms with Crippen molar-refractivity contribution >= 4 is 0 Å². The minimum absolute atomic E-state index is 0.0158. The van der Waals surface area contributed by atoms with Crippen LogP contribution in [0.1, 0.15) is 12.8 Å². The second-order valence-corrected chi connectivity index (χ2v) is 3.46. The zero-order valence-electron chi connectivity index (χ0n) is 6.86. The molecule has 0 spiro atoms. The molecule has 4 atom stereocenters. The second-order valence-electron chi connectivity index (χ2n) is 3.46. The lowest BCUT2D eigenvalue weighted by Crippen LogP contribution is -2.51. The molecule has 2 rings (SSSR count). The number of nitriles is 1. The highest BCUT2D eigenvalue weighted by atomic mass is 16.5. The summed E-state index contributed by atoms with van der Waals surface area (Å²) in [6.07, 6.45) is 1.77. The van der Waals surface area contributed by atoms with Crippen molar-refractivity contribution in [2.75, 3.05) is 6.54 Å². The fourth-order valence-electron chi connectivity index (χ4n) is 2.05. The molecule has 4 unspecified atom stereocenters. The van der Waals surface area contributed by atoms with E-state index in [-0.39, 0.29) is 18.4 Å². The summed E-state index contributed by atoms with van der Waals surface area (Å²) in [5.74, 6) is 0.336. The Bertz CT molecular complexity index is 213. The minimum atomic E-state index is -0.231. The summed E-state index contributed by atoms with van der Waals surface area (Å²) in [7, 11) is 0. The van der Waals surface area contributed by atoms with Crippen LogP contribution in [0.5, 0.6) is 0 Å². The van der Waals surface area contributed by atoms with Gasteiger partial charge in [0.05, 0.1) is 18.3 Å². The average Bonchev–Trinajstić information content (AvgIpc) is 2.49. The van der Waals surface area contributed by atoms with Crippen molar-refractivity contribution in [2.24, 2.45) is 11.7 Å². The van der Waals surface area contributed by atoms with Gasteiger partial charge >= 0.3 is 0 Å². The van der Waals surface area contributed by atoms with Gasteiger partial charge in [0.2, 0.25) is 0 Å². The smallest absolute Gasteiger partial charge is 0.144 e. The standard InChI is InChI=1S/C8H13N3O/c9-4-5-3-6-7(12-5)1-2-11-8(6)10/h5-8,11H,1-3,10H2. The zero-order valence-corrected chi connectivity index (χ0v) is 6.86. The lowest BCUT2D eigenvalue weighted by molar-refractivity contribution is 0.0352. The Balaban J connectivity index is 2.05. The van der Waals surface area contributed by atoms with Crippen molar-refractivity contribution in [3.05, 3.63) is 0 Å². The second kappa shape index (κ2) is 3.02. The number of nitrogens with one attached hydrogen (secondary N) is 1. The summed E-state index contributed by atoms with van der Waals surface area (Å²) >= 11 is 0. The first-order valence-corrected chi connectivity index (χ1v) is 4.35. The molecule has 0 aromatic heterocycles. The molecule has 0 aromatic rings. The van der Waals surface area contributed by atoms with Gasteiger partial charge in [-0.2, -0.15) is 5.26 Å². The van der Waals surface area contributed by atoms with Crippen LogP contribution in [0.2, 0.25) is 0 Å². The molecule has 4 nitrogen and oxygen atoms in total. The van der Waals surface area contributed by atoms with E-state index in [4.69, 9.17) is 15.7 Å². The molecule has 2 saturated heterocycles. The highest BCUT2D eigenvalue weighted by Crippen LogP contribution is 2.31. The van der Waals surface area contributed by atoms with Crippen molar-refractivity contribution in [1.29, 1.82) is 5.26 Å². The largest absolute Gasteiger partial charge is 0.360 e. The molecule has 12 heavy (non-hydrogen) atoms. The number of rotatable bonds is 0. The molecule has 66 valence electrons. The molecular formula is C8H13N3O. The normalized spacial score (nSPS) is 46.7. The topological polar surface area (TPSA) is 71.1 Å². The molecule has 2 aliphatic heterocycles. The van der Waals surface area contributed by atoms with Gasteiger partial charge in [0.1, 0.15) is 6.10 Å². The van der Waals surface area contributed by atoms with Crippen molar-refractivity contribution < 1.29 is 4.74 Å². The van der Waals surface area contributed by atoms with Gasteiger partial charge in [0.15, 0.2) is 0 Å². The van der Waals surface area contributed by atoms with E-state index in [0.29, 0.717) is 5.92 Å². The maximum atomic E-state index is 8.66. The van der Waals surface area contributed by atoms with Crippen LogP contribution in [-0.2, 0) is 4.74 Å². The lowest BCUT2D eigenvalue weighted by atomic mass is 9.91. The predicted octanol–water partition coefficient (Wildman–Crippen LogP) is -0.438. The first kappa shape index (κ1) is 7.99. The molecule has 0 aromatic carbocycles. The Hall–Kier alpha value is -0.630. The number of nitrogens with zero attached hydrogens (tertiary/aromatic N) is 1. The number of piperidine rings is 1. The van der Waals surface area contributed by atoms with Crippen LogP contribution in [-0.4, -0.2) is 24.9 Å². The van der Waals surface area contributed by atoms with E-state index in [9.17, 15) is 0 Å². The van der Waals surface area contributed by atoms with Crippen molar-refractivity contribution in [3.63, 3.8) is 0 Å². The van der Waals surface area contributed by atoms with E-state index in [1.165, 1.54) is 0 Å². The maximum Gasteiger partial charge on any atom is 0.144 e. The van der Waals surface area contributed by atoms with Crippen LogP contribution < -0.4 is 11.1 Å².